The van der Waals surface area contributed by atoms with Crippen LogP contribution in [-0.4, -0.2) is 96.7 Å². The molecule has 0 aliphatic heterocycles. The Morgan fingerprint density at radius 1 is 0.305 bits per heavy atom. The topological polar surface area (TPSA) is 237 Å². The third kappa shape index (κ3) is 69.0. The van der Waals surface area contributed by atoms with Crippen molar-refractivity contribution in [2.45, 2.75) is 407 Å². The Labute approximate surface area is 581 Å². The normalized spacial score (nSPS) is 14.4. The van der Waals surface area contributed by atoms with Crippen LogP contribution in [0.2, 0.25) is 0 Å². The lowest BCUT2D eigenvalue weighted by Crippen LogP contribution is -2.30. The van der Waals surface area contributed by atoms with E-state index in [2.05, 4.69) is 48.5 Å². The molecule has 6 atom stereocenters. The molecule has 17 nitrogen and oxygen atoms in total. The van der Waals surface area contributed by atoms with Crippen molar-refractivity contribution in [3.8, 4) is 0 Å². The molecule has 3 N–H and O–H groups in total. The number of esters is 4. The molecule has 0 radical (unpaired) electrons. The first-order valence-electron chi connectivity index (χ1n) is 39.4. The number of carbonyl (C=O) groups is 4. The maximum atomic E-state index is 13.1. The van der Waals surface area contributed by atoms with Crippen molar-refractivity contribution in [3.63, 3.8) is 0 Å². The van der Waals surface area contributed by atoms with Crippen molar-refractivity contribution in [1.29, 1.82) is 0 Å². The van der Waals surface area contributed by atoms with Gasteiger partial charge in [-0.25, -0.2) is 9.13 Å². The minimum absolute atomic E-state index is 0.102. The Bertz CT molecular complexity index is 1850. The van der Waals surface area contributed by atoms with Gasteiger partial charge in [0.15, 0.2) is 12.2 Å². The van der Waals surface area contributed by atoms with Crippen LogP contribution in [0.25, 0.3) is 0 Å². The van der Waals surface area contributed by atoms with Crippen molar-refractivity contribution in [2.75, 3.05) is 39.6 Å². The van der Waals surface area contributed by atoms with E-state index >= 15 is 0 Å². The molecule has 3 unspecified atom stereocenters. The van der Waals surface area contributed by atoms with Crippen LogP contribution in [0, 0.1) is 17.8 Å². The van der Waals surface area contributed by atoms with Crippen LogP contribution in [0.4, 0.5) is 0 Å². The van der Waals surface area contributed by atoms with E-state index in [-0.39, 0.29) is 25.7 Å². The molecular formula is C76H148O17P2. The number of aliphatic hydroxyl groups is 1. The Morgan fingerprint density at radius 3 is 0.800 bits per heavy atom. The molecule has 19 heteroatoms. The summed E-state index contributed by atoms with van der Waals surface area (Å²) < 4.78 is 68.4. The van der Waals surface area contributed by atoms with Gasteiger partial charge in [-0.1, -0.05) is 337 Å². The molecule has 0 aromatic rings. The molecule has 0 spiro atoms. The number of hydrogen-bond donors (Lipinski definition) is 3. The molecule has 0 fully saturated rings. The van der Waals surface area contributed by atoms with Crippen molar-refractivity contribution < 1.29 is 80.2 Å². The van der Waals surface area contributed by atoms with Crippen LogP contribution in [0.1, 0.15) is 389 Å². The molecule has 0 aromatic heterocycles. The number of rotatable bonds is 74. The molecule has 0 bridgehead atoms. The van der Waals surface area contributed by atoms with Crippen molar-refractivity contribution in [3.05, 3.63) is 0 Å². The SMILES string of the molecule is CCCCCCCCCCCCCCCCCCCCC(=O)OC[C@H](COP(=O)(O)OC[C@@H](O)COP(=O)(O)OC[C@@H](COC(=O)CCCCCCCCC(C)C)OC(=O)CCCCCCCCCC(C)C)OC(=O)CCCCCCCCCCCCCCCCC(C)CC. The summed E-state index contributed by atoms with van der Waals surface area (Å²) in [5.74, 6) is 0.0982. The predicted molar refractivity (Wildman–Crippen MR) is 386 cm³/mol. The maximum absolute atomic E-state index is 13.1. The average molecular weight is 1400 g/mol. The zero-order valence-electron chi connectivity index (χ0n) is 62.1. The minimum Gasteiger partial charge on any atom is -0.462 e. The van der Waals surface area contributed by atoms with Crippen LogP contribution in [0.3, 0.4) is 0 Å². The third-order valence-corrected chi connectivity index (χ3v) is 19.9. The monoisotopic (exact) mass is 1400 g/mol. The Balaban J connectivity index is 5.21. The number of unbranched alkanes of at least 4 members (excludes halogenated alkanes) is 41. The molecule has 0 amide bonds. The fraction of sp³-hybridized carbons (Fsp3) is 0.947. The number of hydrogen-bond acceptors (Lipinski definition) is 15. The number of aliphatic hydroxyl groups excluding tert-OH is 1. The molecule has 0 saturated heterocycles. The van der Waals surface area contributed by atoms with Crippen LogP contribution >= 0.6 is 15.6 Å². The highest BCUT2D eigenvalue weighted by molar-refractivity contribution is 7.47. The third-order valence-electron chi connectivity index (χ3n) is 18.0. The highest BCUT2D eigenvalue weighted by atomic mass is 31.2. The molecule has 0 heterocycles. The first-order chi connectivity index (χ1) is 45.8. The molecule has 564 valence electrons. The number of carbonyl (C=O) groups excluding carboxylic acids is 4. The van der Waals surface area contributed by atoms with Gasteiger partial charge < -0.3 is 33.8 Å². The molecule has 0 aliphatic carbocycles. The molecular weight excluding hydrogens is 1250 g/mol. The second kappa shape index (κ2) is 66.6. The van der Waals surface area contributed by atoms with Crippen LogP contribution in [0.15, 0.2) is 0 Å². The summed E-state index contributed by atoms with van der Waals surface area (Å²) in [6, 6.07) is 0. The van der Waals surface area contributed by atoms with Gasteiger partial charge in [0.2, 0.25) is 0 Å². The molecule has 0 saturated carbocycles. The quantitative estimate of drug-likeness (QED) is 0.0222. The Kier molecular flexibility index (Phi) is 65.2. The van der Waals surface area contributed by atoms with Gasteiger partial charge in [-0.2, -0.15) is 0 Å². The first kappa shape index (κ1) is 93.1. The van der Waals surface area contributed by atoms with Gasteiger partial charge in [0.05, 0.1) is 26.4 Å². The fourth-order valence-electron chi connectivity index (χ4n) is 11.6. The Hall–Kier alpha value is -1.94. The standard InChI is InChI=1S/C76H148O17P2/c1-8-10-11-12-13-14-15-16-17-18-19-20-24-27-30-35-43-50-57-73(78)86-63-71(92-75(80)59-52-45-36-31-28-25-22-21-23-26-29-34-42-49-56-69(7)9-2)65-90-94(82,83)88-61-70(77)62-89-95(84,85)91-66-72(64-87-74(79)58-51-44-39-38-41-48-55-68(5)6)93-76(81)60-53-46-37-32-33-40-47-54-67(3)4/h67-72,77H,8-66H2,1-7H3,(H,82,83)(H,84,85)/t69?,70-,71-,72-/m1/s1. The molecule has 95 heavy (non-hydrogen) atoms. The van der Waals surface area contributed by atoms with E-state index in [1.54, 1.807) is 0 Å². The van der Waals surface area contributed by atoms with E-state index in [1.165, 1.54) is 193 Å². The zero-order valence-corrected chi connectivity index (χ0v) is 63.9. The van der Waals surface area contributed by atoms with Crippen molar-refractivity contribution in [2.24, 2.45) is 17.8 Å². The van der Waals surface area contributed by atoms with E-state index in [1.807, 2.05) is 0 Å². The molecule has 0 aromatic carbocycles. The van der Waals surface area contributed by atoms with Crippen LogP contribution < -0.4 is 0 Å². The summed E-state index contributed by atoms with van der Waals surface area (Å²) in [7, 11) is -9.91. The van der Waals surface area contributed by atoms with Gasteiger partial charge >= 0.3 is 39.5 Å². The fourth-order valence-corrected chi connectivity index (χ4v) is 13.1. The van der Waals surface area contributed by atoms with E-state index < -0.39 is 97.5 Å². The van der Waals surface area contributed by atoms with E-state index in [4.69, 9.17) is 37.0 Å². The lowest BCUT2D eigenvalue weighted by atomic mass is 9.99. The second-order valence-corrected chi connectivity index (χ2v) is 31.5. The summed E-state index contributed by atoms with van der Waals surface area (Å²) in [6.45, 7) is 11.8. The van der Waals surface area contributed by atoms with Gasteiger partial charge in [0.25, 0.3) is 0 Å². The smallest absolute Gasteiger partial charge is 0.462 e. The molecule has 0 rings (SSSR count). The number of ether oxygens (including phenoxy) is 4. The van der Waals surface area contributed by atoms with E-state index in [0.717, 1.165) is 102 Å². The maximum Gasteiger partial charge on any atom is 0.472 e. The Morgan fingerprint density at radius 2 is 0.537 bits per heavy atom. The number of phosphoric ester groups is 2. The van der Waals surface area contributed by atoms with Gasteiger partial charge in [-0.3, -0.25) is 37.3 Å². The largest absolute Gasteiger partial charge is 0.472 e. The van der Waals surface area contributed by atoms with Crippen LogP contribution in [0.5, 0.6) is 0 Å². The predicted octanol–water partition coefficient (Wildman–Crippen LogP) is 22.2. The summed E-state index contributed by atoms with van der Waals surface area (Å²) in [4.78, 5) is 72.7. The second-order valence-electron chi connectivity index (χ2n) is 28.6. The van der Waals surface area contributed by atoms with Gasteiger partial charge in [0, 0.05) is 25.7 Å². The highest BCUT2D eigenvalue weighted by Crippen LogP contribution is 2.45. The first-order valence-corrected chi connectivity index (χ1v) is 42.4. The summed E-state index contributed by atoms with van der Waals surface area (Å²) in [5.41, 5.74) is 0. The molecule has 0 aliphatic rings. The van der Waals surface area contributed by atoms with Crippen molar-refractivity contribution >= 4 is 39.5 Å². The minimum atomic E-state index is -4.96. The summed E-state index contributed by atoms with van der Waals surface area (Å²) in [5, 5.41) is 10.6. The highest BCUT2D eigenvalue weighted by Gasteiger charge is 2.30. The van der Waals surface area contributed by atoms with Crippen molar-refractivity contribution in [1.82, 2.24) is 0 Å². The summed E-state index contributed by atoms with van der Waals surface area (Å²) >= 11 is 0. The summed E-state index contributed by atoms with van der Waals surface area (Å²) in [6.07, 6.45) is 53.0. The van der Waals surface area contributed by atoms with Gasteiger partial charge in [-0.15, -0.1) is 0 Å². The van der Waals surface area contributed by atoms with E-state index in [9.17, 15) is 43.2 Å². The average Bonchev–Trinajstić information content (AvgIpc) is 2.95. The lowest BCUT2D eigenvalue weighted by Gasteiger charge is -2.21. The van der Waals surface area contributed by atoms with Gasteiger partial charge in [0.1, 0.15) is 19.3 Å². The van der Waals surface area contributed by atoms with E-state index in [0.29, 0.717) is 37.5 Å². The zero-order chi connectivity index (χ0) is 70.1. The van der Waals surface area contributed by atoms with Gasteiger partial charge in [-0.05, 0) is 43.4 Å². The number of phosphoric acid groups is 2. The van der Waals surface area contributed by atoms with Crippen LogP contribution in [-0.2, 0) is 65.4 Å². The lowest BCUT2D eigenvalue weighted by molar-refractivity contribution is -0.161.